The SMILES string of the molecule is CC(C)=CCC(Cc1cccnc1)C(=O)NO. The van der Waals surface area contributed by atoms with Gasteiger partial charge in [0.05, 0.1) is 0 Å². The van der Waals surface area contributed by atoms with Crippen LogP contribution in [0.2, 0.25) is 0 Å². The van der Waals surface area contributed by atoms with Gasteiger partial charge in [-0.05, 0) is 38.3 Å². The van der Waals surface area contributed by atoms with Crippen molar-refractivity contribution in [1.29, 1.82) is 0 Å². The fourth-order valence-electron chi connectivity index (χ4n) is 1.56. The number of hydrogen-bond donors (Lipinski definition) is 2. The molecule has 1 rings (SSSR count). The summed E-state index contributed by atoms with van der Waals surface area (Å²) in [6, 6.07) is 3.76. The molecule has 4 nitrogen and oxygen atoms in total. The van der Waals surface area contributed by atoms with E-state index in [4.69, 9.17) is 5.21 Å². The maximum atomic E-state index is 11.5. The normalized spacial score (nSPS) is 11.7. The van der Waals surface area contributed by atoms with Gasteiger partial charge in [0.25, 0.3) is 0 Å². The summed E-state index contributed by atoms with van der Waals surface area (Å²) in [5, 5.41) is 8.71. The molecule has 1 atom stereocenters. The van der Waals surface area contributed by atoms with Crippen LogP contribution in [0.25, 0.3) is 0 Å². The Kier molecular flexibility index (Phi) is 5.36. The summed E-state index contributed by atoms with van der Waals surface area (Å²) in [5.74, 6) is -0.620. The molecule has 0 spiro atoms. The van der Waals surface area contributed by atoms with Crippen molar-refractivity contribution in [1.82, 2.24) is 10.5 Å². The third-order valence-electron chi connectivity index (χ3n) is 2.50. The largest absolute Gasteiger partial charge is 0.289 e. The minimum absolute atomic E-state index is 0.265. The Morgan fingerprint density at radius 2 is 2.35 bits per heavy atom. The van der Waals surface area contributed by atoms with Crippen molar-refractivity contribution in [3.8, 4) is 0 Å². The van der Waals surface area contributed by atoms with Crippen molar-refractivity contribution in [2.75, 3.05) is 0 Å². The van der Waals surface area contributed by atoms with Gasteiger partial charge in [0.15, 0.2) is 0 Å². The molecule has 2 N–H and O–H groups in total. The van der Waals surface area contributed by atoms with E-state index in [-0.39, 0.29) is 11.8 Å². The molecule has 0 aliphatic carbocycles. The van der Waals surface area contributed by atoms with Gasteiger partial charge in [0.2, 0.25) is 5.91 Å². The van der Waals surface area contributed by atoms with E-state index < -0.39 is 0 Å². The van der Waals surface area contributed by atoms with Crippen molar-refractivity contribution >= 4 is 5.91 Å². The zero-order valence-electron chi connectivity index (χ0n) is 10.2. The summed E-state index contributed by atoms with van der Waals surface area (Å²) in [5.41, 5.74) is 3.87. The number of carbonyl (C=O) groups is 1. The molecule has 0 radical (unpaired) electrons. The van der Waals surface area contributed by atoms with Crippen LogP contribution in [0.5, 0.6) is 0 Å². The monoisotopic (exact) mass is 234 g/mol. The van der Waals surface area contributed by atoms with Crippen LogP contribution in [0.3, 0.4) is 0 Å². The molecule has 17 heavy (non-hydrogen) atoms. The van der Waals surface area contributed by atoms with Crippen LogP contribution in [0, 0.1) is 5.92 Å². The molecule has 1 heterocycles. The number of carbonyl (C=O) groups excluding carboxylic acids is 1. The van der Waals surface area contributed by atoms with Gasteiger partial charge in [-0.25, -0.2) is 5.48 Å². The third-order valence-corrected chi connectivity index (χ3v) is 2.50. The highest BCUT2D eigenvalue weighted by Gasteiger charge is 2.17. The van der Waals surface area contributed by atoms with Crippen LogP contribution in [0.4, 0.5) is 0 Å². The lowest BCUT2D eigenvalue weighted by molar-refractivity contribution is -0.133. The summed E-state index contributed by atoms with van der Waals surface area (Å²) in [7, 11) is 0. The molecule has 1 aromatic rings. The number of aromatic nitrogens is 1. The first-order chi connectivity index (χ1) is 8.13. The van der Waals surface area contributed by atoms with Crippen molar-refractivity contribution < 1.29 is 10.0 Å². The summed E-state index contributed by atoms with van der Waals surface area (Å²) in [6.07, 6.45) is 6.62. The van der Waals surface area contributed by atoms with Crippen LogP contribution in [-0.4, -0.2) is 16.1 Å². The summed E-state index contributed by atoms with van der Waals surface area (Å²) < 4.78 is 0. The molecule has 1 amide bonds. The predicted molar refractivity (Wildman–Crippen MR) is 65.4 cm³/mol. The van der Waals surface area contributed by atoms with Gasteiger partial charge in [0, 0.05) is 18.3 Å². The highest BCUT2D eigenvalue weighted by molar-refractivity contribution is 5.77. The Morgan fingerprint density at radius 3 is 2.88 bits per heavy atom. The van der Waals surface area contributed by atoms with E-state index in [9.17, 15) is 4.79 Å². The smallest absolute Gasteiger partial charge is 0.247 e. The van der Waals surface area contributed by atoms with Crippen LogP contribution in [0.1, 0.15) is 25.8 Å². The molecule has 0 saturated heterocycles. The van der Waals surface area contributed by atoms with Crippen molar-refractivity contribution in [3.63, 3.8) is 0 Å². The molecule has 0 fully saturated rings. The van der Waals surface area contributed by atoms with Gasteiger partial charge >= 0.3 is 0 Å². The molecule has 1 aromatic heterocycles. The second kappa shape index (κ2) is 6.81. The lowest BCUT2D eigenvalue weighted by atomic mass is 9.95. The molecule has 0 saturated carbocycles. The lowest BCUT2D eigenvalue weighted by Gasteiger charge is -2.12. The van der Waals surface area contributed by atoms with Crippen LogP contribution in [0.15, 0.2) is 36.2 Å². The summed E-state index contributed by atoms with van der Waals surface area (Å²) in [6.45, 7) is 3.97. The van der Waals surface area contributed by atoms with Crippen LogP contribution >= 0.6 is 0 Å². The molecule has 92 valence electrons. The van der Waals surface area contributed by atoms with Crippen LogP contribution < -0.4 is 5.48 Å². The van der Waals surface area contributed by atoms with Crippen molar-refractivity contribution in [2.24, 2.45) is 5.92 Å². The van der Waals surface area contributed by atoms with Crippen molar-refractivity contribution in [3.05, 3.63) is 41.7 Å². The average molecular weight is 234 g/mol. The minimum Gasteiger partial charge on any atom is -0.289 e. The van der Waals surface area contributed by atoms with Crippen molar-refractivity contribution in [2.45, 2.75) is 26.7 Å². The Bertz CT molecular complexity index is 384. The first-order valence-electron chi connectivity index (χ1n) is 5.59. The maximum Gasteiger partial charge on any atom is 0.247 e. The standard InChI is InChI=1S/C13H18N2O2/c1-10(2)5-6-12(13(16)15-17)8-11-4-3-7-14-9-11/h3-5,7,9,12,17H,6,8H2,1-2H3,(H,15,16). The van der Waals surface area contributed by atoms with E-state index >= 15 is 0 Å². The highest BCUT2D eigenvalue weighted by atomic mass is 16.5. The quantitative estimate of drug-likeness (QED) is 0.466. The Labute approximate surface area is 101 Å². The fourth-order valence-corrected chi connectivity index (χ4v) is 1.56. The molecular formula is C13H18N2O2. The second-order valence-electron chi connectivity index (χ2n) is 4.26. The molecule has 0 bridgehead atoms. The first-order valence-corrected chi connectivity index (χ1v) is 5.59. The maximum absolute atomic E-state index is 11.5. The topological polar surface area (TPSA) is 62.2 Å². The number of hydroxylamine groups is 1. The zero-order valence-corrected chi connectivity index (χ0v) is 10.2. The van der Waals surface area contributed by atoms with E-state index in [1.54, 1.807) is 17.9 Å². The Balaban J connectivity index is 2.70. The number of hydrogen-bond acceptors (Lipinski definition) is 3. The molecular weight excluding hydrogens is 216 g/mol. The highest BCUT2D eigenvalue weighted by Crippen LogP contribution is 2.13. The summed E-state index contributed by atoms with van der Waals surface area (Å²) >= 11 is 0. The van der Waals surface area contributed by atoms with Gasteiger partial charge < -0.3 is 0 Å². The zero-order chi connectivity index (χ0) is 12.7. The van der Waals surface area contributed by atoms with E-state index in [0.717, 1.165) is 11.1 Å². The summed E-state index contributed by atoms with van der Waals surface area (Å²) in [4.78, 5) is 15.5. The Morgan fingerprint density at radius 1 is 1.59 bits per heavy atom. The molecule has 0 aliphatic heterocycles. The van der Waals surface area contributed by atoms with E-state index in [0.29, 0.717) is 12.8 Å². The molecule has 4 heteroatoms. The van der Waals surface area contributed by atoms with Gasteiger partial charge in [-0.3, -0.25) is 15.0 Å². The fraction of sp³-hybridized carbons (Fsp3) is 0.385. The van der Waals surface area contributed by atoms with Gasteiger partial charge in [-0.15, -0.1) is 0 Å². The minimum atomic E-state index is -0.355. The number of amides is 1. The number of pyridine rings is 1. The predicted octanol–water partition coefficient (Wildman–Crippen LogP) is 2.10. The number of nitrogens with one attached hydrogen (secondary N) is 1. The lowest BCUT2D eigenvalue weighted by Crippen LogP contribution is -2.29. The van der Waals surface area contributed by atoms with E-state index in [1.807, 2.05) is 32.1 Å². The van der Waals surface area contributed by atoms with Gasteiger partial charge in [-0.2, -0.15) is 0 Å². The van der Waals surface area contributed by atoms with E-state index in [2.05, 4.69) is 4.98 Å². The second-order valence-corrected chi connectivity index (χ2v) is 4.26. The molecule has 1 unspecified atom stereocenters. The third kappa shape index (κ3) is 4.78. The number of allylic oxidation sites excluding steroid dienone is 2. The average Bonchev–Trinajstić information content (AvgIpc) is 2.34. The molecule has 0 aromatic carbocycles. The van der Waals surface area contributed by atoms with E-state index in [1.165, 1.54) is 0 Å². The number of nitrogens with zero attached hydrogens (tertiary/aromatic N) is 1. The van der Waals surface area contributed by atoms with Gasteiger partial charge in [-0.1, -0.05) is 17.7 Å². The van der Waals surface area contributed by atoms with Gasteiger partial charge in [0.1, 0.15) is 0 Å². The van der Waals surface area contributed by atoms with Crippen LogP contribution in [-0.2, 0) is 11.2 Å². The first kappa shape index (κ1) is 13.4. The molecule has 0 aliphatic rings. The Hall–Kier alpha value is -1.68. The number of rotatable bonds is 5.